The van der Waals surface area contributed by atoms with Crippen molar-refractivity contribution in [1.82, 2.24) is 14.5 Å². The lowest BCUT2D eigenvalue weighted by atomic mass is 9.66. The van der Waals surface area contributed by atoms with Gasteiger partial charge in [-0.15, -0.1) is 0 Å². The van der Waals surface area contributed by atoms with E-state index in [0.29, 0.717) is 0 Å². The van der Waals surface area contributed by atoms with E-state index in [-0.39, 0.29) is 0 Å². The first kappa shape index (κ1) is 33.3. The molecule has 3 heterocycles. The molecule has 1 aliphatic carbocycles. The monoisotopic (exact) mass is 753 g/mol. The summed E-state index contributed by atoms with van der Waals surface area (Å²) in [7, 11) is 0. The summed E-state index contributed by atoms with van der Waals surface area (Å²) in [6.45, 7) is 0. The number of hydrogen-bond acceptors (Lipinski definition) is 3. The molecule has 0 atom stereocenters. The Morgan fingerprint density at radius 3 is 1.68 bits per heavy atom. The second kappa shape index (κ2) is 13.1. The van der Waals surface area contributed by atoms with Crippen LogP contribution >= 0.6 is 0 Å². The van der Waals surface area contributed by atoms with Crippen molar-refractivity contribution in [2.24, 2.45) is 0 Å². The van der Waals surface area contributed by atoms with E-state index < -0.39 is 5.41 Å². The predicted octanol–water partition coefficient (Wildman–Crippen LogP) is 13.6. The molecule has 0 bridgehead atoms. The molecule has 8 aromatic carbocycles. The third-order valence-corrected chi connectivity index (χ3v) is 12.1. The van der Waals surface area contributed by atoms with Gasteiger partial charge in [0.25, 0.3) is 0 Å². The first-order chi connectivity index (χ1) is 29.2. The van der Waals surface area contributed by atoms with Crippen molar-refractivity contribution in [2.45, 2.75) is 5.41 Å². The number of imidazole rings is 1. The maximum atomic E-state index is 6.70. The van der Waals surface area contributed by atoms with Crippen molar-refractivity contribution in [3.8, 4) is 73.3 Å². The Labute approximate surface area is 342 Å². The van der Waals surface area contributed by atoms with Crippen molar-refractivity contribution >= 4 is 11.0 Å². The van der Waals surface area contributed by atoms with Gasteiger partial charge in [0, 0.05) is 22.3 Å². The van der Waals surface area contributed by atoms with Gasteiger partial charge in [0.1, 0.15) is 23.1 Å². The summed E-state index contributed by atoms with van der Waals surface area (Å²) in [5.74, 6) is 3.43. The molecular formula is C55H35N3O. The van der Waals surface area contributed by atoms with Crippen molar-refractivity contribution in [3.63, 3.8) is 0 Å². The fraction of sp³-hybridized carbons (Fsp3) is 0.0182. The minimum atomic E-state index is -0.516. The molecule has 0 saturated carbocycles. The van der Waals surface area contributed by atoms with Gasteiger partial charge in [0.05, 0.1) is 22.1 Å². The molecule has 4 heteroatoms. The maximum Gasteiger partial charge on any atom is 0.146 e. The fourth-order valence-corrected chi connectivity index (χ4v) is 9.48. The zero-order valence-corrected chi connectivity index (χ0v) is 32.0. The van der Waals surface area contributed by atoms with E-state index in [2.05, 4.69) is 205 Å². The molecule has 276 valence electrons. The highest BCUT2D eigenvalue weighted by molar-refractivity contribution is 5.90. The molecule has 12 rings (SSSR count). The van der Waals surface area contributed by atoms with Crippen LogP contribution in [0.15, 0.2) is 212 Å². The van der Waals surface area contributed by atoms with Crippen molar-refractivity contribution in [1.29, 1.82) is 0 Å². The standard InChI is InChI=1S/C55H35N3O/c1-3-15-36(16-4-1)41-34-49(38-17-5-2-6-18-38)56-53(35-41)58-50-25-13-12-24-48(50)57-54(58)39-29-27-37(28-30-39)40-31-32-52-47(33-40)55(46-23-11-14-26-51(46)59-52)44-21-9-7-19-42(44)43-20-8-10-22-45(43)55/h1-35H. The van der Waals surface area contributed by atoms with Gasteiger partial charge in [0.15, 0.2) is 0 Å². The molecule has 0 saturated heterocycles. The fourth-order valence-electron chi connectivity index (χ4n) is 9.48. The largest absolute Gasteiger partial charge is 0.457 e. The van der Waals surface area contributed by atoms with Gasteiger partial charge in [-0.05, 0) is 87.0 Å². The summed E-state index contributed by atoms with van der Waals surface area (Å²) in [4.78, 5) is 10.6. The number of fused-ring (bicyclic) bond motifs is 10. The van der Waals surface area contributed by atoms with Gasteiger partial charge in [-0.3, -0.25) is 4.57 Å². The molecule has 1 aliphatic heterocycles. The van der Waals surface area contributed by atoms with Gasteiger partial charge in [0.2, 0.25) is 0 Å². The number of ether oxygens (including phenoxy) is 1. The third kappa shape index (κ3) is 5.10. The summed E-state index contributed by atoms with van der Waals surface area (Å²) in [5.41, 5.74) is 16.2. The Morgan fingerprint density at radius 1 is 0.373 bits per heavy atom. The van der Waals surface area contributed by atoms with E-state index >= 15 is 0 Å². The average Bonchev–Trinajstić information content (AvgIpc) is 3.84. The van der Waals surface area contributed by atoms with Crippen LogP contribution < -0.4 is 4.74 Å². The zero-order valence-electron chi connectivity index (χ0n) is 32.0. The summed E-state index contributed by atoms with van der Waals surface area (Å²) in [5, 5.41) is 0. The van der Waals surface area contributed by atoms with Crippen molar-refractivity contribution in [2.75, 3.05) is 0 Å². The summed E-state index contributed by atoms with van der Waals surface area (Å²) < 4.78 is 8.91. The highest BCUT2D eigenvalue weighted by Crippen LogP contribution is 2.62. The van der Waals surface area contributed by atoms with Crippen molar-refractivity contribution in [3.05, 3.63) is 235 Å². The highest BCUT2D eigenvalue weighted by Gasteiger charge is 2.51. The predicted molar refractivity (Wildman–Crippen MR) is 238 cm³/mol. The number of para-hydroxylation sites is 3. The number of pyridine rings is 1. The summed E-state index contributed by atoms with van der Waals surface area (Å²) >= 11 is 0. The lowest BCUT2D eigenvalue weighted by molar-refractivity contribution is 0.436. The van der Waals surface area contributed by atoms with E-state index in [1.54, 1.807) is 0 Å². The second-order valence-electron chi connectivity index (χ2n) is 15.3. The third-order valence-electron chi connectivity index (χ3n) is 12.1. The normalized spacial score (nSPS) is 13.0. The Morgan fingerprint density at radius 2 is 0.932 bits per heavy atom. The molecule has 4 nitrogen and oxygen atoms in total. The zero-order chi connectivity index (χ0) is 38.9. The van der Waals surface area contributed by atoms with E-state index in [9.17, 15) is 0 Å². The molecular weight excluding hydrogens is 719 g/mol. The first-order valence-corrected chi connectivity index (χ1v) is 20.1. The van der Waals surface area contributed by atoms with Crippen LogP contribution in [0.5, 0.6) is 11.5 Å². The average molecular weight is 754 g/mol. The molecule has 0 radical (unpaired) electrons. The van der Waals surface area contributed by atoms with E-state index in [1.807, 2.05) is 12.1 Å². The number of aromatic nitrogens is 3. The maximum absolute atomic E-state index is 6.70. The van der Waals surface area contributed by atoms with Crippen LogP contribution in [0, 0.1) is 0 Å². The van der Waals surface area contributed by atoms with Crippen LogP contribution in [0.1, 0.15) is 22.3 Å². The SMILES string of the molecule is c1ccc(-c2cc(-c3ccccc3)nc(-n3c(-c4ccc(-c5ccc6c(c5)C5(c7ccccc7O6)c6ccccc6-c6ccccc65)cc4)nc4ccccc43)c2)cc1. The second-order valence-corrected chi connectivity index (χ2v) is 15.3. The van der Waals surface area contributed by atoms with Gasteiger partial charge in [-0.25, -0.2) is 9.97 Å². The van der Waals surface area contributed by atoms with Crippen LogP contribution in [-0.4, -0.2) is 14.5 Å². The topological polar surface area (TPSA) is 39.9 Å². The van der Waals surface area contributed by atoms with Crippen LogP contribution in [0.4, 0.5) is 0 Å². The molecule has 0 N–H and O–H groups in total. The van der Waals surface area contributed by atoms with Gasteiger partial charge in [-0.2, -0.15) is 0 Å². The van der Waals surface area contributed by atoms with E-state index in [1.165, 1.54) is 22.3 Å². The lowest BCUT2D eigenvalue weighted by Crippen LogP contribution is -2.32. The molecule has 2 aliphatic rings. The first-order valence-electron chi connectivity index (χ1n) is 20.1. The Bertz CT molecular complexity index is 3140. The molecule has 2 aromatic heterocycles. The summed E-state index contributed by atoms with van der Waals surface area (Å²) in [6, 6.07) is 75.3. The molecule has 59 heavy (non-hydrogen) atoms. The number of nitrogens with zero attached hydrogens (tertiary/aromatic N) is 3. The van der Waals surface area contributed by atoms with Crippen molar-refractivity contribution < 1.29 is 4.74 Å². The Kier molecular flexibility index (Phi) is 7.41. The van der Waals surface area contributed by atoms with Gasteiger partial charge in [-0.1, -0.05) is 170 Å². The highest BCUT2D eigenvalue weighted by atomic mass is 16.5. The molecule has 10 aromatic rings. The van der Waals surface area contributed by atoms with Crippen LogP contribution in [0.2, 0.25) is 0 Å². The molecule has 1 spiro atoms. The van der Waals surface area contributed by atoms with Crippen LogP contribution in [0.3, 0.4) is 0 Å². The van der Waals surface area contributed by atoms with E-state index in [4.69, 9.17) is 14.7 Å². The lowest BCUT2D eigenvalue weighted by Gasteiger charge is -2.39. The number of rotatable bonds is 5. The van der Waals surface area contributed by atoms with Crippen LogP contribution in [-0.2, 0) is 5.41 Å². The van der Waals surface area contributed by atoms with Crippen LogP contribution in [0.25, 0.3) is 72.9 Å². The van der Waals surface area contributed by atoms with Gasteiger partial charge < -0.3 is 4.74 Å². The molecule has 0 unspecified atom stereocenters. The van der Waals surface area contributed by atoms with E-state index in [0.717, 1.165) is 84.4 Å². The Hall–Kier alpha value is -7.82. The molecule has 0 fully saturated rings. The summed E-state index contributed by atoms with van der Waals surface area (Å²) in [6.07, 6.45) is 0. The number of hydrogen-bond donors (Lipinski definition) is 0. The molecule has 0 amide bonds. The smallest absolute Gasteiger partial charge is 0.146 e. The quantitative estimate of drug-likeness (QED) is 0.176. The number of benzene rings is 8. The minimum Gasteiger partial charge on any atom is -0.457 e. The Balaban J connectivity index is 1.00. The minimum absolute atomic E-state index is 0.516. The van der Waals surface area contributed by atoms with Gasteiger partial charge >= 0.3 is 0 Å².